The number of carbonyl (C=O) groups is 2. The molecule has 0 aliphatic carbocycles. The first-order valence-corrected chi connectivity index (χ1v) is 4.66. The van der Waals surface area contributed by atoms with Crippen molar-refractivity contribution in [2.45, 2.75) is 25.7 Å². The summed E-state index contributed by atoms with van der Waals surface area (Å²) in [6.07, 6.45) is 1.29. The van der Waals surface area contributed by atoms with Gasteiger partial charge in [0.1, 0.15) is 0 Å². The van der Waals surface area contributed by atoms with E-state index in [0.29, 0.717) is 32.4 Å². The second-order valence-electron chi connectivity index (χ2n) is 2.91. The van der Waals surface area contributed by atoms with E-state index in [0.717, 1.165) is 0 Å². The molecule has 0 unspecified atom stereocenters. The van der Waals surface area contributed by atoms with E-state index in [1.54, 1.807) is 0 Å². The lowest BCUT2D eigenvalue weighted by Crippen LogP contribution is -2.24. The first-order chi connectivity index (χ1) is 7.16. The number of carboxylic acid groups (broad SMARTS) is 1. The monoisotopic (exact) mass is 214 g/mol. The first-order valence-electron chi connectivity index (χ1n) is 4.66. The Bertz CT molecular complexity index is 261. The Morgan fingerprint density at radius 3 is 2.67 bits per heavy atom. The lowest BCUT2D eigenvalue weighted by Gasteiger charge is -2.02. The topological polar surface area (TPSA) is 115 Å². The minimum absolute atomic E-state index is 0.0546. The van der Waals surface area contributed by atoms with E-state index in [4.69, 9.17) is 10.6 Å². The largest absolute Gasteiger partial charge is 0.481 e. The molecule has 1 amide bonds. The Hall–Kier alpha value is -1.75. The van der Waals surface area contributed by atoms with Crippen LogP contribution in [0.15, 0.2) is 5.11 Å². The van der Waals surface area contributed by atoms with Crippen LogP contribution >= 0.6 is 0 Å². The smallest absolute Gasteiger partial charge is 0.303 e. The number of amides is 1. The van der Waals surface area contributed by atoms with Crippen LogP contribution in [0.3, 0.4) is 0 Å². The molecule has 0 saturated carbocycles. The van der Waals surface area contributed by atoms with Gasteiger partial charge in [-0.2, -0.15) is 0 Å². The van der Waals surface area contributed by atoms with Crippen molar-refractivity contribution in [2.75, 3.05) is 13.1 Å². The van der Waals surface area contributed by atoms with Gasteiger partial charge < -0.3 is 10.4 Å². The van der Waals surface area contributed by atoms with E-state index in [-0.39, 0.29) is 12.3 Å². The molecule has 0 fully saturated rings. The molecule has 0 heterocycles. The standard InChI is InChI=1S/C8H14N4O3/c9-12-11-6-1-3-7(13)10-5-2-4-8(14)15/h1-6H2,(H,10,13)(H,14,15). The van der Waals surface area contributed by atoms with Crippen LogP contribution in [0.4, 0.5) is 0 Å². The van der Waals surface area contributed by atoms with Crippen molar-refractivity contribution in [3.63, 3.8) is 0 Å². The first kappa shape index (κ1) is 13.2. The molecule has 15 heavy (non-hydrogen) atoms. The number of azide groups is 1. The Morgan fingerprint density at radius 2 is 2.07 bits per heavy atom. The summed E-state index contributed by atoms with van der Waals surface area (Å²) in [6, 6.07) is 0. The molecular weight excluding hydrogens is 200 g/mol. The van der Waals surface area contributed by atoms with Gasteiger partial charge in [0.25, 0.3) is 0 Å². The Morgan fingerprint density at radius 1 is 1.33 bits per heavy atom. The van der Waals surface area contributed by atoms with Crippen LogP contribution in [0.2, 0.25) is 0 Å². The third-order valence-corrected chi connectivity index (χ3v) is 1.61. The van der Waals surface area contributed by atoms with Gasteiger partial charge in [-0.3, -0.25) is 9.59 Å². The predicted octanol–water partition coefficient (Wildman–Crippen LogP) is 1.06. The van der Waals surface area contributed by atoms with Crippen LogP contribution < -0.4 is 5.32 Å². The molecule has 2 N–H and O–H groups in total. The van der Waals surface area contributed by atoms with Gasteiger partial charge in [-0.05, 0) is 18.4 Å². The number of nitrogens with zero attached hydrogens (tertiary/aromatic N) is 3. The molecule has 0 aromatic heterocycles. The Balaban J connectivity index is 3.33. The lowest BCUT2D eigenvalue weighted by molar-refractivity contribution is -0.137. The molecule has 0 saturated heterocycles. The fraction of sp³-hybridized carbons (Fsp3) is 0.750. The maximum Gasteiger partial charge on any atom is 0.303 e. The quantitative estimate of drug-likeness (QED) is 0.272. The van der Waals surface area contributed by atoms with Gasteiger partial charge in [-0.25, -0.2) is 0 Å². The molecule has 0 bridgehead atoms. The molecule has 84 valence electrons. The summed E-state index contributed by atoms with van der Waals surface area (Å²) < 4.78 is 0. The molecule has 0 aromatic rings. The van der Waals surface area contributed by atoms with Gasteiger partial charge in [0.2, 0.25) is 5.91 Å². The summed E-state index contributed by atoms with van der Waals surface area (Å²) >= 11 is 0. The normalized spacial score (nSPS) is 9.07. The third kappa shape index (κ3) is 10.2. The summed E-state index contributed by atoms with van der Waals surface area (Å²) in [5.41, 5.74) is 7.96. The molecule has 0 aliphatic heterocycles. The second kappa shape index (κ2) is 8.83. The number of nitrogens with one attached hydrogen (secondary N) is 1. The van der Waals surface area contributed by atoms with Gasteiger partial charge >= 0.3 is 5.97 Å². The molecule has 0 rings (SSSR count). The van der Waals surface area contributed by atoms with Crippen LogP contribution in [0, 0.1) is 0 Å². The summed E-state index contributed by atoms with van der Waals surface area (Å²) in [4.78, 5) is 23.7. The summed E-state index contributed by atoms with van der Waals surface area (Å²) in [5.74, 6) is -1.01. The van der Waals surface area contributed by atoms with Crippen molar-refractivity contribution < 1.29 is 14.7 Å². The Labute approximate surface area is 87.1 Å². The average molecular weight is 214 g/mol. The average Bonchev–Trinajstić information content (AvgIpc) is 2.19. The molecule has 0 spiro atoms. The van der Waals surface area contributed by atoms with Crippen molar-refractivity contribution in [1.29, 1.82) is 0 Å². The number of hydrogen-bond donors (Lipinski definition) is 2. The molecule has 0 radical (unpaired) electrons. The zero-order valence-corrected chi connectivity index (χ0v) is 8.35. The van der Waals surface area contributed by atoms with Crippen LogP contribution in [0.1, 0.15) is 25.7 Å². The molecule has 0 aliphatic rings. The number of rotatable bonds is 8. The molecule has 7 heteroatoms. The highest BCUT2D eigenvalue weighted by atomic mass is 16.4. The Kier molecular flexibility index (Phi) is 7.80. The zero-order chi connectivity index (χ0) is 11.5. The second-order valence-corrected chi connectivity index (χ2v) is 2.91. The molecule has 0 atom stereocenters. The molecular formula is C8H14N4O3. The van der Waals surface area contributed by atoms with Crippen LogP contribution in [-0.2, 0) is 9.59 Å². The van der Waals surface area contributed by atoms with Gasteiger partial charge in [-0.15, -0.1) is 0 Å². The minimum atomic E-state index is -0.868. The summed E-state index contributed by atoms with van der Waals surface area (Å²) in [5, 5.41) is 14.2. The third-order valence-electron chi connectivity index (χ3n) is 1.61. The fourth-order valence-corrected chi connectivity index (χ4v) is 0.911. The van der Waals surface area contributed by atoms with Crippen molar-refractivity contribution >= 4 is 11.9 Å². The number of hydrogen-bond acceptors (Lipinski definition) is 3. The van der Waals surface area contributed by atoms with Gasteiger partial charge in [0.05, 0.1) is 0 Å². The van der Waals surface area contributed by atoms with E-state index in [1.807, 2.05) is 0 Å². The van der Waals surface area contributed by atoms with Gasteiger partial charge in [0, 0.05) is 30.8 Å². The van der Waals surface area contributed by atoms with E-state index >= 15 is 0 Å². The van der Waals surface area contributed by atoms with Gasteiger partial charge in [0.15, 0.2) is 0 Å². The van der Waals surface area contributed by atoms with Crippen molar-refractivity contribution in [3.8, 4) is 0 Å². The SMILES string of the molecule is [N-]=[N+]=NCCCC(=O)NCCCC(=O)O. The number of aliphatic carboxylic acids is 1. The summed E-state index contributed by atoms with van der Waals surface area (Å²) in [7, 11) is 0. The van der Waals surface area contributed by atoms with Crippen molar-refractivity contribution in [3.05, 3.63) is 10.4 Å². The number of carboxylic acids is 1. The maximum atomic E-state index is 11.1. The van der Waals surface area contributed by atoms with E-state index in [9.17, 15) is 9.59 Å². The van der Waals surface area contributed by atoms with Crippen LogP contribution in [0.5, 0.6) is 0 Å². The highest BCUT2D eigenvalue weighted by Gasteiger charge is 2.00. The molecule has 7 nitrogen and oxygen atoms in total. The highest BCUT2D eigenvalue weighted by molar-refractivity contribution is 5.75. The minimum Gasteiger partial charge on any atom is -0.481 e. The van der Waals surface area contributed by atoms with E-state index in [2.05, 4.69) is 15.3 Å². The lowest BCUT2D eigenvalue weighted by atomic mass is 10.3. The fourth-order valence-electron chi connectivity index (χ4n) is 0.911. The van der Waals surface area contributed by atoms with E-state index < -0.39 is 5.97 Å². The highest BCUT2D eigenvalue weighted by Crippen LogP contribution is 1.91. The van der Waals surface area contributed by atoms with Crippen molar-refractivity contribution in [1.82, 2.24) is 5.32 Å². The van der Waals surface area contributed by atoms with E-state index in [1.165, 1.54) is 0 Å². The molecule has 0 aromatic carbocycles. The van der Waals surface area contributed by atoms with Crippen LogP contribution in [-0.4, -0.2) is 30.1 Å². The van der Waals surface area contributed by atoms with Gasteiger partial charge in [-0.1, -0.05) is 5.11 Å². The number of carbonyl (C=O) groups excluding carboxylic acids is 1. The zero-order valence-electron chi connectivity index (χ0n) is 8.35. The summed E-state index contributed by atoms with van der Waals surface area (Å²) in [6.45, 7) is 0.672. The predicted molar refractivity (Wildman–Crippen MR) is 53.1 cm³/mol. The maximum absolute atomic E-state index is 11.1. The van der Waals surface area contributed by atoms with Crippen molar-refractivity contribution in [2.24, 2.45) is 5.11 Å². The van der Waals surface area contributed by atoms with Crippen LogP contribution in [0.25, 0.3) is 10.4 Å².